The quantitative estimate of drug-likeness (QED) is 0.934. The maximum atomic E-state index is 11.7. The molecule has 2 aromatic rings. The number of nitrogens with one attached hydrogen (secondary N) is 1. The molecule has 0 saturated carbocycles. The highest BCUT2D eigenvalue weighted by Gasteiger charge is 2.13. The summed E-state index contributed by atoms with van der Waals surface area (Å²) in [5.41, 5.74) is 0.800. The predicted molar refractivity (Wildman–Crippen MR) is 64.8 cm³/mol. The number of aromatic nitrogens is 3. The average Bonchev–Trinajstić information content (AvgIpc) is 2.83. The number of hydrogen-bond donors (Lipinski definition) is 1. The summed E-state index contributed by atoms with van der Waals surface area (Å²) < 4.78 is 5.74. The molecule has 2 aromatic heterocycles. The number of aryl methyl sites for hydroxylation is 2. The third kappa shape index (κ3) is 2.89. The first-order valence-corrected chi connectivity index (χ1v) is 6.37. The molecule has 1 N–H and O–H groups in total. The Morgan fingerprint density at radius 2 is 2.24 bits per heavy atom. The van der Waals surface area contributed by atoms with Gasteiger partial charge in [-0.3, -0.25) is 4.79 Å². The van der Waals surface area contributed by atoms with Gasteiger partial charge in [0.2, 0.25) is 5.89 Å². The van der Waals surface area contributed by atoms with Crippen molar-refractivity contribution in [3.63, 3.8) is 0 Å². The Morgan fingerprint density at radius 3 is 2.76 bits per heavy atom. The van der Waals surface area contributed by atoms with Crippen LogP contribution in [0.4, 0.5) is 0 Å². The maximum absolute atomic E-state index is 11.7. The summed E-state index contributed by atoms with van der Waals surface area (Å²) in [4.78, 5) is 19.8. The number of halogens is 1. The number of thiazole rings is 1. The van der Waals surface area contributed by atoms with Crippen LogP contribution in [0.15, 0.2) is 8.31 Å². The molecule has 0 fully saturated rings. The Morgan fingerprint density at radius 1 is 1.47 bits per heavy atom. The second-order valence-electron chi connectivity index (χ2n) is 3.30. The summed E-state index contributed by atoms with van der Waals surface area (Å²) in [6.45, 7) is 3.75. The van der Waals surface area contributed by atoms with Gasteiger partial charge in [-0.25, -0.2) is 4.98 Å². The van der Waals surface area contributed by atoms with E-state index in [1.54, 1.807) is 6.92 Å². The zero-order valence-corrected chi connectivity index (χ0v) is 11.6. The molecule has 0 aliphatic rings. The summed E-state index contributed by atoms with van der Waals surface area (Å²) in [6, 6.07) is 0. The van der Waals surface area contributed by atoms with E-state index in [-0.39, 0.29) is 12.5 Å². The smallest absolute Gasteiger partial charge is 0.280 e. The molecule has 0 unspecified atom stereocenters. The molecule has 0 radical (unpaired) electrons. The Bertz CT molecular complexity index is 531. The largest absolute Gasteiger partial charge is 0.341 e. The first-order chi connectivity index (χ1) is 8.06. The summed E-state index contributed by atoms with van der Waals surface area (Å²) >= 11 is 4.61. The molecule has 0 atom stereocenters. The molecule has 6 nitrogen and oxygen atoms in total. The van der Waals surface area contributed by atoms with Crippen molar-refractivity contribution in [2.75, 3.05) is 0 Å². The minimum atomic E-state index is -0.250. The lowest BCUT2D eigenvalue weighted by atomic mass is 10.5. The van der Waals surface area contributed by atoms with Crippen LogP contribution >= 0.6 is 27.3 Å². The van der Waals surface area contributed by atoms with E-state index >= 15 is 0 Å². The van der Waals surface area contributed by atoms with Crippen molar-refractivity contribution in [1.82, 2.24) is 20.4 Å². The molecule has 2 rings (SSSR count). The van der Waals surface area contributed by atoms with Crippen LogP contribution in [0.3, 0.4) is 0 Å². The molecule has 8 heteroatoms. The van der Waals surface area contributed by atoms with Crippen molar-refractivity contribution in [1.29, 1.82) is 0 Å². The molecule has 17 heavy (non-hydrogen) atoms. The van der Waals surface area contributed by atoms with Crippen molar-refractivity contribution < 1.29 is 9.32 Å². The lowest BCUT2D eigenvalue weighted by Crippen LogP contribution is -2.22. The number of carbonyl (C=O) groups is 1. The van der Waals surface area contributed by atoms with Crippen LogP contribution in [0.25, 0.3) is 0 Å². The van der Waals surface area contributed by atoms with Crippen molar-refractivity contribution in [3.8, 4) is 0 Å². The standard InChI is InChI=1S/C9H9BrN4O2S/c1-4-7(10)17-9(12-4)8(15)11-3-6-13-5(2)14-16-6/h3H2,1-2H3,(H,11,15). The van der Waals surface area contributed by atoms with Gasteiger partial charge < -0.3 is 9.84 Å². The van der Waals surface area contributed by atoms with Gasteiger partial charge in [-0.05, 0) is 29.8 Å². The normalized spacial score (nSPS) is 10.5. The minimum absolute atomic E-state index is 0.204. The van der Waals surface area contributed by atoms with Crippen LogP contribution in [0.2, 0.25) is 0 Å². The molecule has 0 aliphatic carbocycles. The third-order valence-corrected chi connectivity index (χ3v) is 3.91. The molecule has 2 heterocycles. The molecular formula is C9H9BrN4O2S. The van der Waals surface area contributed by atoms with E-state index in [9.17, 15) is 4.79 Å². The van der Waals surface area contributed by atoms with Crippen LogP contribution in [0, 0.1) is 13.8 Å². The Hall–Kier alpha value is -1.28. The first kappa shape index (κ1) is 12.2. The van der Waals surface area contributed by atoms with Gasteiger partial charge in [-0.2, -0.15) is 4.98 Å². The van der Waals surface area contributed by atoms with Gasteiger partial charge in [-0.15, -0.1) is 11.3 Å². The van der Waals surface area contributed by atoms with Gasteiger partial charge in [0, 0.05) is 0 Å². The molecule has 0 bridgehead atoms. The fourth-order valence-corrected chi connectivity index (χ4v) is 2.38. The summed E-state index contributed by atoms with van der Waals surface area (Å²) in [5.74, 6) is 0.671. The van der Waals surface area contributed by atoms with Crippen molar-refractivity contribution in [2.45, 2.75) is 20.4 Å². The maximum Gasteiger partial charge on any atom is 0.280 e. The second-order valence-corrected chi connectivity index (χ2v) is 5.61. The van der Waals surface area contributed by atoms with E-state index in [1.807, 2.05) is 6.92 Å². The van der Waals surface area contributed by atoms with Crippen molar-refractivity contribution >= 4 is 33.2 Å². The topological polar surface area (TPSA) is 80.9 Å². The molecule has 90 valence electrons. The predicted octanol–water partition coefficient (Wildman–Crippen LogP) is 1.84. The Balaban J connectivity index is 1.98. The average molecular weight is 317 g/mol. The number of amides is 1. The monoisotopic (exact) mass is 316 g/mol. The first-order valence-electron chi connectivity index (χ1n) is 4.76. The molecule has 0 aliphatic heterocycles. The summed E-state index contributed by atoms with van der Waals surface area (Å²) in [5, 5.41) is 6.70. The highest BCUT2D eigenvalue weighted by molar-refractivity contribution is 9.11. The van der Waals surface area contributed by atoms with E-state index in [0.717, 1.165) is 9.48 Å². The van der Waals surface area contributed by atoms with E-state index in [1.165, 1.54) is 11.3 Å². The lowest BCUT2D eigenvalue weighted by Gasteiger charge is -1.97. The van der Waals surface area contributed by atoms with Gasteiger partial charge in [0.15, 0.2) is 10.8 Å². The lowest BCUT2D eigenvalue weighted by molar-refractivity contribution is 0.0945. The van der Waals surface area contributed by atoms with Crippen LogP contribution < -0.4 is 5.32 Å². The third-order valence-electron chi connectivity index (χ3n) is 1.90. The zero-order chi connectivity index (χ0) is 12.4. The van der Waals surface area contributed by atoms with Crippen LogP contribution in [-0.2, 0) is 6.54 Å². The zero-order valence-electron chi connectivity index (χ0n) is 9.15. The van der Waals surface area contributed by atoms with Gasteiger partial charge in [0.25, 0.3) is 5.91 Å². The Labute approximate surface area is 110 Å². The number of carbonyl (C=O) groups excluding carboxylic acids is 1. The van der Waals surface area contributed by atoms with Gasteiger partial charge in [0.1, 0.15) is 0 Å². The van der Waals surface area contributed by atoms with Crippen LogP contribution in [0.5, 0.6) is 0 Å². The molecule has 1 amide bonds. The fraction of sp³-hybridized carbons (Fsp3) is 0.333. The summed E-state index contributed by atoms with van der Waals surface area (Å²) in [6.07, 6.45) is 0. The Kier molecular flexibility index (Phi) is 3.53. The van der Waals surface area contributed by atoms with Crippen molar-refractivity contribution in [2.24, 2.45) is 0 Å². The second kappa shape index (κ2) is 4.92. The summed E-state index contributed by atoms with van der Waals surface area (Å²) in [7, 11) is 0. The minimum Gasteiger partial charge on any atom is -0.341 e. The molecule has 0 saturated heterocycles. The number of hydrogen-bond acceptors (Lipinski definition) is 6. The van der Waals surface area contributed by atoms with E-state index in [4.69, 9.17) is 4.52 Å². The highest BCUT2D eigenvalue weighted by Crippen LogP contribution is 2.23. The van der Waals surface area contributed by atoms with Crippen LogP contribution in [0.1, 0.15) is 27.2 Å². The van der Waals surface area contributed by atoms with E-state index < -0.39 is 0 Å². The molecule has 0 spiro atoms. The van der Waals surface area contributed by atoms with Gasteiger partial charge >= 0.3 is 0 Å². The van der Waals surface area contributed by atoms with E-state index in [0.29, 0.717) is 16.7 Å². The highest BCUT2D eigenvalue weighted by atomic mass is 79.9. The fourth-order valence-electron chi connectivity index (χ4n) is 1.12. The van der Waals surface area contributed by atoms with Crippen molar-refractivity contribution in [3.05, 3.63) is 26.2 Å². The molecular weight excluding hydrogens is 308 g/mol. The number of rotatable bonds is 3. The van der Waals surface area contributed by atoms with Gasteiger partial charge in [0.05, 0.1) is 16.0 Å². The van der Waals surface area contributed by atoms with Gasteiger partial charge in [-0.1, -0.05) is 5.16 Å². The number of nitrogens with zero attached hydrogens (tertiary/aromatic N) is 3. The van der Waals surface area contributed by atoms with Crippen LogP contribution in [-0.4, -0.2) is 21.0 Å². The van der Waals surface area contributed by atoms with E-state index in [2.05, 4.69) is 36.4 Å². The molecule has 0 aromatic carbocycles. The SMILES string of the molecule is Cc1noc(CNC(=O)c2nc(C)c(Br)s2)n1.